The zero-order chi connectivity index (χ0) is 37.1. The van der Waals surface area contributed by atoms with Gasteiger partial charge in [0.05, 0.1) is 23.3 Å². The monoisotopic (exact) mass is 688 g/mol. The zero-order valence-corrected chi connectivity index (χ0v) is 31.2. The number of primary amides is 1. The van der Waals surface area contributed by atoms with E-state index in [4.69, 9.17) is 5.73 Å². The third kappa shape index (κ3) is 8.62. The van der Waals surface area contributed by atoms with E-state index in [1.165, 1.54) is 0 Å². The molecule has 1 saturated carbocycles. The summed E-state index contributed by atoms with van der Waals surface area (Å²) in [5, 5.41) is 27.1. The fourth-order valence-electron chi connectivity index (χ4n) is 8.59. The molecule has 1 aliphatic rings. The van der Waals surface area contributed by atoms with Crippen LogP contribution in [-0.4, -0.2) is 50.2 Å². The molecule has 0 aromatic heterocycles. The SMILES string of the molecule is CC(C)(C)[C@@H](N(C(=O)C1(C(N)=O)CC1)[C@H](C(C)(C)C)C(O)(Cc1ccccc1)Cc1ccccc1)C(O)(Cc1ccccc1)Cc1ccccc1. The molecule has 1 aliphatic carbocycles. The molecule has 51 heavy (non-hydrogen) atoms. The number of aliphatic hydroxyl groups is 2. The van der Waals surface area contributed by atoms with Crippen molar-refractivity contribution in [1.29, 1.82) is 0 Å². The standard InChI is InChI=1S/C45H56N2O4/c1-41(2,3)37(44(50,29-33-19-11-7-12-20-33)30-34-21-13-8-14-22-34)47(40(49)43(27-28-43)39(46)48)38(42(4,5)6)45(51,31-35-23-15-9-16-24-35)32-36-25-17-10-18-26-36/h7-26,37-38,50-51H,27-32H2,1-6H3,(H2,46,48)/t37-,38-/m1/s1. The maximum Gasteiger partial charge on any atom is 0.238 e. The lowest BCUT2D eigenvalue weighted by molar-refractivity contribution is -0.187. The lowest BCUT2D eigenvalue weighted by Crippen LogP contribution is -2.73. The van der Waals surface area contributed by atoms with E-state index in [0.717, 1.165) is 22.3 Å². The number of hydrogen-bond acceptors (Lipinski definition) is 4. The highest BCUT2D eigenvalue weighted by Crippen LogP contribution is 2.52. The average molecular weight is 689 g/mol. The van der Waals surface area contributed by atoms with Crippen molar-refractivity contribution in [3.63, 3.8) is 0 Å². The van der Waals surface area contributed by atoms with Crippen LogP contribution in [0.5, 0.6) is 0 Å². The molecule has 4 N–H and O–H groups in total. The molecule has 4 aromatic rings. The van der Waals surface area contributed by atoms with Crippen LogP contribution in [0.4, 0.5) is 0 Å². The van der Waals surface area contributed by atoms with Gasteiger partial charge in [-0.05, 0) is 45.9 Å². The van der Waals surface area contributed by atoms with E-state index in [9.17, 15) is 15.0 Å². The number of nitrogens with zero attached hydrogens (tertiary/aromatic N) is 1. The average Bonchev–Trinajstić information content (AvgIpc) is 3.87. The second-order valence-electron chi connectivity index (χ2n) is 17.1. The third-order valence-electron chi connectivity index (χ3n) is 10.5. The summed E-state index contributed by atoms with van der Waals surface area (Å²) in [6.45, 7) is 12.2. The van der Waals surface area contributed by atoms with Crippen LogP contribution in [0.2, 0.25) is 0 Å². The van der Waals surface area contributed by atoms with E-state index in [2.05, 4.69) is 0 Å². The van der Waals surface area contributed by atoms with Crippen LogP contribution in [-0.2, 0) is 35.3 Å². The molecule has 0 aliphatic heterocycles. The summed E-state index contributed by atoms with van der Waals surface area (Å²) < 4.78 is 0. The van der Waals surface area contributed by atoms with Gasteiger partial charge in [-0.15, -0.1) is 0 Å². The topological polar surface area (TPSA) is 104 Å². The third-order valence-corrected chi connectivity index (χ3v) is 10.5. The van der Waals surface area contributed by atoms with Crippen LogP contribution in [0.15, 0.2) is 121 Å². The highest BCUT2D eigenvalue weighted by Gasteiger charge is 2.64. The summed E-state index contributed by atoms with van der Waals surface area (Å²) in [5.41, 5.74) is 3.84. The minimum absolute atomic E-state index is 0.241. The highest BCUT2D eigenvalue weighted by atomic mass is 16.3. The number of benzene rings is 4. The second-order valence-corrected chi connectivity index (χ2v) is 17.1. The van der Waals surface area contributed by atoms with Gasteiger partial charge in [-0.3, -0.25) is 9.59 Å². The predicted molar refractivity (Wildman–Crippen MR) is 205 cm³/mol. The summed E-state index contributed by atoms with van der Waals surface area (Å²) in [6, 6.07) is 37.7. The molecule has 6 nitrogen and oxygen atoms in total. The van der Waals surface area contributed by atoms with Crippen LogP contribution in [0.1, 0.15) is 76.6 Å². The maximum absolute atomic E-state index is 15.6. The fourth-order valence-corrected chi connectivity index (χ4v) is 8.59. The molecule has 270 valence electrons. The first-order valence-corrected chi connectivity index (χ1v) is 18.2. The van der Waals surface area contributed by atoms with Gasteiger partial charge in [0.1, 0.15) is 5.41 Å². The first-order chi connectivity index (χ1) is 24.0. The number of carbonyl (C=O) groups is 2. The summed E-state index contributed by atoms with van der Waals surface area (Å²) in [7, 11) is 0. The van der Waals surface area contributed by atoms with Crippen molar-refractivity contribution in [2.45, 2.75) is 103 Å². The number of hydrogen-bond donors (Lipinski definition) is 3. The molecule has 4 aromatic carbocycles. The maximum atomic E-state index is 15.6. The van der Waals surface area contributed by atoms with E-state index in [-0.39, 0.29) is 25.7 Å². The molecule has 0 unspecified atom stereocenters. The number of rotatable bonds is 14. The minimum Gasteiger partial charge on any atom is -0.387 e. The molecule has 0 bridgehead atoms. The highest BCUT2D eigenvalue weighted by molar-refractivity contribution is 6.07. The molecule has 6 heteroatoms. The van der Waals surface area contributed by atoms with Crippen molar-refractivity contribution in [3.8, 4) is 0 Å². The Morgan fingerprint density at radius 3 is 1.02 bits per heavy atom. The first kappa shape index (κ1) is 38.0. The Hall–Kier alpha value is -4.26. The summed E-state index contributed by atoms with van der Waals surface area (Å²) in [6.07, 6.45) is 1.62. The van der Waals surface area contributed by atoms with Crippen LogP contribution in [0.25, 0.3) is 0 Å². The van der Waals surface area contributed by atoms with Gasteiger partial charge >= 0.3 is 0 Å². The quantitative estimate of drug-likeness (QED) is 0.121. The van der Waals surface area contributed by atoms with Gasteiger partial charge in [0.25, 0.3) is 0 Å². The molecular formula is C45H56N2O4. The lowest BCUT2D eigenvalue weighted by Gasteiger charge is -2.58. The number of carbonyl (C=O) groups excluding carboxylic acids is 2. The van der Waals surface area contributed by atoms with Gasteiger partial charge in [-0.25, -0.2) is 0 Å². The number of amides is 2. The summed E-state index contributed by atoms with van der Waals surface area (Å²) in [4.78, 5) is 30.6. The Balaban J connectivity index is 1.81. The predicted octanol–water partition coefficient (Wildman–Crippen LogP) is 7.34. The van der Waals surface area contributed by atoms with Crippen LogP contribution in [0, 0.1) is 16.2 Å². The minimum atomic E-state index is -1.53. The Bertz CT molecular complexity index is 1550. The van der Waals surface area contributed by atoms with Crippen molar-refractivity contribution in [2.75, 3.05) is 0 Å². The van der Waals surface area contributed by atoms with Crippen molar-refractivity contribution in [1.82, 2.24) is 4.90 Å². The van der Waals surface area contributed by atoms with Crippen LogP contribution in [0.3, 0.4) is 0 Å². The van der Waals surface area contributed by atoms with Crippen molar-refractivity contribution in [2.24, 2.45) is 22.0 Å². The second kappa shape index (κ2) is 14.8. The largest absolute Gasteiger partial charge is 0.387 e. The van der Waals surface area contributed by atoms with Crippen LogP contribution < -0.4 is 5.73 Å². The Kier molecular flexibility index (Phi) is 11.0. The van der Waals surface area contributed by atoms with Crippen LogP contribution >= 0.6 is 0 Å². The molecule has 2 amide bonds. The molecule has 0 radical (unpaired) electrons. The van der Waals surface area contributed by atoms with E-state index in [1.807, 2.05) is 163 Å². The van der Waals surface area contributed by atoms with E-state index in [1.54, 1.807) is 4.90 Å². The zero-order valence-electron chi connectivity index (χ0n) is 31.2. The van der Waals surface area contributed by atoms with Gasteiger partial charge < -0.3 is 20.8 Å². The number of nitrogens with two attached hydrogens (primary N) is 1. The summed E-state index contributed by atoms with van der Waals surface area (Å²) in [5.74, 6) is -1.09. The molecule has 1 fully saturated rings. The van der Waals surface area contributed by atoms with Crippen molar-refractivity contribution >= 4 is 11.8 Å². The van der Waals surface area contributed by atoms with Gasteiger partial charge in [0, 0.05) is 25.7 Å². The molecule has 2 atom stereocenters. The smallest absolute Gasteiger partial charge is 0.238 e. The first-order valence-electron chi connectivity index (χ1n) is 18.2. The van der Waals surface area contributed by atoms with Gasteiger partial charge in [0.2, 0.25) is 11.8 Å². The van der Waals surface area contributed by atoms with E-state index in [0.29, 0.717) is 12.8 Å². The fraction of sp³-hybridized carbons (Fsp3) is 0.422. The Morgan fingerprint density at radius 1 is 0.569 bits per heavy atom. The molecule has 0 saturated heterocycles. The molecule has 0 heterocycles. The molecular weight excluding hydrogens is 633 g/mol. The van der Waals surface area contributed by atoms with Crippen molar-refractivity contribution in [3.05, 3.63) is 144 Å². The van der Waals surface area contributed by atoms with Gasteiger partial charge in [-0.2, -0.15) is 0 Å². The van der Waals surface area contributed by atoms with Crippen molar-refractivity contribution < 1.29 is 19.8 Å². The molecule has 5 rings (SSSR count). The normalized spacial score (nSPS) is 15.8. The molecule has 0 spiro atoms. The lowest BCUT2D eigenvalue weighted by atomic mass is 9.65. The summed E-state index contributed by atoms with van der Waals surface area (Å²) >= 11 is 0. The van der Waals surface area contributed by atoms with Gasteiger partial charge in [-0.1, -0.05) is 163 Å². The Morgan fingerprint density at radius 2 is 0.824 bits per heavy atom. The van der Waals surface area contributed by atoms with Gasteiger partial charge in [0.15, 0.2) is 0 Å². The van der Waals surface area contributed by atoms with E-state index >= 15 is 4.79 Å². The Labute approximate surface area is 304 Å². The van der Waals surface area contributed by atoms with E-state index < -0.39 is 51.3 Å².